The van der Waals surface area contributed by atoms with Gasteiger partial charge in [0.2, 0.25) is 0 Å². The highest BCUT2D eigenvalue weighted by Gasteiger charge is 2.53. The van der Waals surface area contributed by atoms with Crippen molar-refractivity contribution in [2.45, 2.75) is 58.3 Å². The van der Waals surface area contributed by atoms with Crippen LogP contribution >= 0.6 is 0 Å². The molecule has 2 rings (SSSR count). The van der Waals surface area contributed by atoms with E-state index in [9.17, 15) is 4.39 Å². The van der Waals surface area contributed by atoms with Gasteiger partial charge in [-0.3, -0.25) is 0 Å². The Morgan fingerprint density at radius 2 is 1.59 bits per heavy atom. The molecule has 1 heterocycles. The molecule has 0 unspecified atom stereocenters. The van der Waals surface area contributed by atoms with Crippen LogP contribution in [0.15, 0.2) is 42.1 Å². The highest BCUT2D eigenvalue weighted by molar-refractivity contribution is 6.53. The highest BCUT2D eigenvalue weighted by atomic mass is 19.1. The molecule has 0 aliphatic carbocycles. The Morgan fingerprint density at radius 1 is 1.09 bits per heavy atom. The Balaban J connectivity index is 2.11. The van der Waals surface area contributed by atoms with E-state index in [0.29, 0.717) is 5.75 Å². The lowest BCUT2D eigenvalue weighted by molar-refractivity contribution is 0.00578. The largest absolute Gasteiger partial charge is 0.525 e. The number of hydrogen-bond acceptors (Lipinski definition) is 3. The summed E-state index contributed by atoms with van der Waals surface area (Å²) in [6.45, 7) is 11.2. The van der Waals surface area contributed by atoms with Crippen LogP contribution in [0.1, 0.15) is 41.5 Å². The zero-order valence-corrected chi connectivity index (χ0v) is 14.1. The van der Waals surface area contributed by atoms with E-state index in [4.69, 9.17) is 14.0 Å². The molecule has 1 aromatic rings. The van der Waals surface area contributed by atoms with Gasteiger partial charge in [0.15, 0.2) is 0 Å². The van der Waals surface area contributed by atoms with E-state index in [0.717, 1.165) is 0 Å². The Hall–Kier alpha value is -1.33. The minimum atomic E-state index is -0.997. The summed E-state index contributed by atoms with van der Waals surface area (Å²) in [5.74, 6) is 0.686. The van der Waals surface area contributed by atoms with Crippen molar-refractivity contribution < 1.29 is 18.4 Å². The van der Waals surface area contributed by atoms with Crippen LogP contribution in [-0.2, 0) is 9.31 Å². The van der Waals surface area contributed by atoms with Crippen LogP contribution in [0.2, 0.25) is 0 Å². The fourth-order valence-corrected chi connectivity index (χ4v) is 2.18. The fraction of sp³-hybridized carbons (Fsp3) is 0.529. The van der Waals surface area contributed by atoms with Crippen molar-refractivity contribution in [3.63, 3.8) is 0 Å². The number of para-hydroxylation sites is 1. The fourth-order valence-electron chi connectivity index (χ4n) is 2.18. The second kappa shape index (κ2) is 5.71. The van der Waals surface area contributed by atoms with Crippen LogP contribution in [-0.4, -0.2) is 23.9 Å². The van der Waals surface area contributed by atoms with E-state index in [-0.39, 0.29) is 0 Å². The minimum Gasteiger partial charge on any atom is -0.484 e. The summed E-state index contributed by atoms with van der Waals surface area (Å²) in [7, 11) is -0.997. The maximum Gasteiger partial charge on any atom is 0.525 e. The maximum absolute atomic E-state index is 14.5. The quantitative estimate of drug-likeness (QED) is 0.775. The lowest BCUT2D eigenvalue weighted by atomic mass is 9.85. The lowest BCUT2D eigenvalue weighted by Gasteiger charge is -2.32. The van der Waals surface area contributed by atoms with E-state index in [1.807, 2.05) is 58.0 Å². The molecule has 0 aromatic heterocycles. The monoisotopic (exact) mass is 306 g/mol. The molecule has 1 fully saturated rings. The van der Waals surface area contributed by atoms with Gasteiger partial charge >= 0.3 is 7.12 Å². The van der Waals surface area contributed by atoms with Crippen molar-refractivity contribution in [3.8, 4) is 5.75 Å². The molecular weight excluding hydrogens is 282 g/mol. The first-order chi connectivity index (χ1) is 10.0. The maximum atomic E-state index is 14.5. The summed E-state index contributed by atoms with van der Waals surface area (Å²) >= 11 is 0. The van der Waals surface area contributed by atoms with Gasteiger partial charge in [0.05, 0.1) is 11.2 Å². The average Bonchev–Trinajstić information content (AvgIpc) is 2.58. The van der Waals surface area contributed by atoms with Crippen LogP contribution in [0.3, 0.4) is 0 Å². The SMILES string of the molecule is CC(C)(C=C(F)B1OC(C)(C)C(C)(C)O1)Oc1ccccc1. The van der Waals surface area contributed by atoms with Crippen molar-refractivity contribution in [2.75, 3.05) is 0 Å². The number of halogens is 1. The molecule has 0 spiro atoms. The van der Waals surface area contributed by atoms with E-state index in [1.54, 1.807) is 13.8 Å². The Kier molecular flexibility index (Phi) is 4.42. The number of rotatable bonds is 4. The van der Waals surface area contributed by atoms with Crippen LogP contribution in [0.5, 0.6) is 5.75 Å². The Bertz CT molecular complexity index is 536. The number of ether oxygens (including phenoxy) is 1. The van der Waals surface area contributed by atoms with Crippen molar-refractivity contribution >= 4 is 7.12 Å². The molecule has 1 aliphatic rings. The number of benzene rings is 1. The molecule has 0 atom stereocenters. The molecule has 22 heavy (non-hydrogen) atoms. The summed E-state index contributed by atoms with van der Waals surface area (Å²) in [6, 6.07) is 9.32. The topological polar surface area (TPSA) is 27.7 Å². The molecule has 1 saturated heterocycles. The standard InChI is InChI=1S/C17H24BFO3/c1-15(2,20-13-10-8-7-9-11-13)12-14(19)18-21-16(3,4)17(5,6)22-18/h7-12H,1-6H3. The van der Waals surface area contributed by atoms with Crippen LogP contribution in [0.4, 0.5) is 4.39 Å². The van der Waals surface area contributed by atoms with Crippen molar-refractivity contribution in [2.24, 2.45) is 0 Å². The first-order valence-electron chi connectivity index (χ1n) is 7.50. The lowest BCUT2D eigenvalue weighted by Crippen LogP contribution is -2.41. The third kappa shape index (κ3) is 3.71. The second-order valence-corrected chi connectivity index (χ2v) is 7.14. The van der Waals surface area contributed by atoms with Gasteiger partial charge in [0.25, 0.3) is 0 Å². The summed E-state index contributed by atoms with van der Waals surface area (Å²) in [6.07, 6.45) is 1.40. The number of hydrogen-bond donors (Lipinski definition) is 0. The molecule has 1 aromatic carbocycles. The van der Waals surface area contributed by atoms with Gasteiger partial charge in [-0.15, -0.1) is 0 Å². The molecule has 120 valence electrons. The molecule has 5 heteroatoms. The predicted molar refractivity (Wildman–Crippen MR) is 86.4 cm³/mol. The van der Waals surface area contributed by atoms with Gasteiger partial charge in [0, 0.05) is 0 Å². The van der Waals surface area contributed by atoms with E-state index in [2.05, 4.69) is 0 Å². The van der Waals surface area contributed by atoms with Crippen LogP contribution in [0.25, 0.3) is 0 Å². The molecule has 0 bridgehead atoms. The molecule has 0 N–H and O–H groups in total. The zero-order chi connectivity index (χ0) is 16.6. The van der Waals surface area contributed by atoms with Gasteiger partial charge in [0.1, 0.15) is 17.1 Å². The van der Waals surface area contributed by atoms with Gasteiger partial charge in [-0.2, -0.15) is 0 Å². The third-order valence-electron chi connectivity index (χ3n) is 4.09. The van der Waals surface area contributed by atoms with Crippen molar-refractivity contribution in [1.82, 2.24) is 0 Å². The van der Waals surface area contributed by atoms with Crippen LogP contribution < -0.4 is 4.74 Å². The predicted octanol–water partition coefficient (Wildman–Crippen LogP) is 4.33. The summed E-state index contributed by atoms with van der Waals surface area (Å²) in [4.78, 5) is 0. The highest BCUT2D eigenvalue weighted by Crippen LogP contribution is 2.39. The van der Waals surface area contributed by atoms with E-state index >= 15 is 0 Å². The molecule has 1 aliphatic heterocycles. The van der Waals surface area contributed by atoms with Crippen LogP contribution in [0, 0.1) is 0 Å². The average molecular weight is 306 g/mol. The van der Waals surface area contributed by atoms with Crippen molar-refractivity contribution in [1.29, 1.82) is 0 Å². The van der Waals surface area contributed by atoms with E-state index < -0.39 is 29.6 Å². The van der Waals surface area contributed by atoms with Gasteiger partial charge in [-0.05, 0) is 59.8 Å². The smallest absolute Gasteiger partial charge is 0.484 e. The summed E-state index contributed by atoms with van der Waals surface area (Å²) in [5.41, 5.74) is -2.41. The van der Waals surface area contributed by atoms with Crippen molar-refractivity contribution in [3.05, 3.63) is 42.1 Å². The molecule has 3 nitrogen and oxygen atoms in total. The van der Waals surface area contributed by atoms with Gasteiger partial charge in [-0.25, -0.2) is 4.39 Å². The molecule has 0 radical (unpaired) electrons. The molecule has 0 amide bonds. The normalized spacial score (nSPS) is 21.0. The third-order valence-corrected chi connectivity index (χ3v) is 4.09. The van der Waals surface area contributed by atoms with E-state index in [1.165, 1.54) is 6.08 Å². The minimum absolute atomic E-state index is 0.473. The second-order valence-electron chi connectivity index (χ2n) is 7.14. The summed E-state index contributed by atoms with van der Waals surface area (Å²) in [5, 5.41) is 0. The first-order valence-corrected chi connectivity index (χ1v) is 7.50. The Labute approximate surface area is 132 Å². The zero-order valence-electron chi connectivity index (χ0n) is 14.1. The molecule has 0 saturated carbocycles. The van der Waals surface area contributed by atoms with Gasteiger partial charge < -0.3 is 14.0 Å². The summed E-state index contributed by atoms with van der Waals surface area (Å²) < 4.78 is 31.7. The first kappa shape index (κ1) is 17.0. The Morgan fingerprint density at radius 3 is 2.09 bits per heavy atom. The van der Waals surface area contributed by atoms with Gasteiger partial charge in [-0.1, -0.05) is 18.2 Å². The molecular formula is C17H24BFO3.